The first kappa shape index (κ1) is 18.9. The zero-order chi connectivity index (χ0) is 18.2. The van der Waals surface area contributed by atoms with E-state index in [1.54, 1.807) is 31.0 Å². The standard InChI is InChI=1S/C19H22N2O3S/c1-13-12-15(4-9-18(13)20-14(2)22)21-19(23)10-11-25-17-7-5-16(24-3)6-8-17/h4-9,12H,10-11H2,1-3H3,(H,20,22)(H,21,23). The molecule has 2 rings (SSSR count). The van der Waals surface area contributed by atoms with E-state index in [1.807, 2.05) is 37.3 Å². The van der Waals surface area contributed by atoms with Crippen molar-refractivity contribution in [3.05, 3.63) is 48.0 Å². The topological polar surface area (TPSA) is 67.4 Å². The molecule has 0 heterocycles. The molecule has 2 aromatic carbocycles. The lowest BCUT2D eigenvalue weighted by atomic mass is 10.1. The molecule has 0 aliphatic rings. The minimum absolute atomic E-state index is 0.0345. The van der Waals surface area contributed by atoms with E-state index < -0.39 is 0 Å². The average molecular weight is 358 g/mol. The van der Waals surface area contributed by atoms with Gasteiger partial charge in [0.25, 0.3) is 0 Å². The number of rotatable bonds is 7. The number of anilines is 2. The van der Waals surface area contributed by atoms with E-state index in [0.717, 1.165) is 27.6 Å². The fourth-order valence-corrected chi connectivity index (χ4v) is 3.08. The van der Waals surface area contributed by atoms with Gasteiger partial charge < -0.3 is 15.4 Å². The van der Waals surface area contributed by atoms with E-state index in [4.69, 9.17) is 4.74 Å². The summed E-state index contributed by atoms with van der Waals surface area (Å²) in [6, 6.07) is 13.2. The molecule has 0 saturated carbocycles. The summed E-state index contributed by atoms with van der Waals surface area (Å²) in [5.41, 5.74) is 2.38. The third kappa shape index (κ3) is 6.15. The predicted octanol–water partition coefficient (Wildman–Crippen LogP) is 4.08. The first-order valence-corrected chi connectivity index (χ1v) is 8.91. The van der Waals surface area contributed by atoms with Crippen molar-refractivity contribution >= 4 is 35.0 Å². The van der Waals surface area contributed by atoms with Crippen molar-refractivity contribution in [3.8, 4) is 5.75 Å². The molecule has 6 heteroatoms. The summed E-state index contributed by atoms with van der Waals surface area (Å²) in [6.45, 7) is 3.36. The molecule has 0 atom stereocenters. The number of hydrogen-bond acceptors (Lipinski definition) is 4. The molecule has 2 N–H and O–H groups in total. The molecular formula is C19H22N2O3S. The number of amides is 2. The first-order valence-electron chi connectivity index (χ1n) is 7.93. The molecule has 132 valence electrons. The summed E-state index contributed by atoms with van der Waals surface area (Å²) in [5.74, 6) is 1.37. The number of carbonyl (C=O) groups is 2. The Morgan fingerprint density at radius 3 is 2.40 bits per heavy atom. The fraction of sp³-hybridized carbons (Fsp3) is 0.263. The van der Waals surface area contributed by atoms with Gasteiger partial charge in [-0.3, -0.25) is 9.59 Å². The van der Waals surface area contributed by atoms with Crippen molar-refractivity contribution in [1.82, 2.24) is 0 Å². The highest BCUT2D eigenvalue weighted by molar-refractivity contribution is 7.99. The quantitative estimate of drug-likeness (QED) is 0.732. The van der Waals surface area contributed by atoms with Gasteiger partial charge in [0, 0.05) is 35.4 Å². The van der Waals surface area contributed by atoms with Crippen LogP contribution in [0.15, 0.2) is 47.4 Å². The van der Waals surface area contributed by atoms with Crippen molar-refractivity contribution in [2.45, 2.75) is 25.2 Å². The largest absolute Gasteiger partial charge is 0.497 e. The van der Waals surface area contributed by atoms with E-state index in [0.29, 0.717) is 12.2 Å². The van der Waals surface area contributed by atoms with Gasteiger partial charge in [-0.1, -0.05) is 0 Å². The lowest BCUT2D eigenvalue weighted by Crippen LogP contribution is -2.13. The molecule has 0 fully saturated rings. The predicted molar refractivity (Wildman–Crippen MR) is 102 cm³/mol. The molecule has 0 spiro atoms. The Morgan fingerprint density at radius 1 is 1.08 bits per heavy atom. The van der Waals surface area contributed by atoms with Crippen LogP contribution in [0, 0.1) is 6.92 Å². The number of thioether (sulfide) groups is 1. The van der Waals surface area contributed by atoms with Crippen LogP contribution in [-0.2, 0) is 9.59 Å². The number of aryl methyl sites for hydroxylation is 1. The number of hydrogen-bond donors (Lipinski definition) is 2. The van der Waals surface area contributed by atoms with Crippen LogP contribution >= 0.6 is 11.8 Å². The molecular weight excluding hydrogens is 336 g/mol. The molecule has 2 amide bonds. The Morgan fingerprint density at radius 2 is 1.80 bits per heavy atom. The summed E-state index contributed by atoms with van der Waals surface area (Å²) in [7, 11) is 1.64. The van der Waals surface area contributed by atoms with E-state index in [2.05, 4.69) is 10.6 Å². The Kier molecular flexibility index (Phi) is 6.89. The summed E-state index contributed by atoms with van der Waals surface area (Å²) in [4.78, 5) is 24.3. The van der Waals surface area contributed by atoms with Gasteiger partial charge in [-0.25, -0.2) is 0 Å². The highest BCUT2D eigenvalue weighted by atomic mass is 32.2. The Balaban J connectivity index is 1.81. The Hall–Kier alpha value is -2.47. The van der Waals surface area contributed by atoms with Crippen molar-refractivity contribution in [2.24, 2.45) is 0 Å². The molecule has 0 unspecified atom stereocenters. The molecule has 25 heavy (non-hydrogen) atoms. The molecule has 2 aromatic rings. The number of methoxy groups -OCH3 is 1. The summed E-state index contributed by atoms with van der Waals surface area (Å²) < 4.78 is 5.12. The molecule has 5 nitrogen and oxygen atoms in total. The van der Waals surface area contributed by atoms with Gasteiger partial charge in [0.2, 0.25) is 11.8 Å². The van der Waals surface area contributed by atoms with Gasteiger partial charge >= 0.3 is 0 Å². The van der Waals surface area contributed by atoms with Crippen LogP contribution in [0.3, 0.4) is 0 Å². The van der Waals surface area contributed by atoms with Crippen LogP contribution < -0.4 is 15.4 Å². The van der Waals surface area contributed by atoms with Gasteiger partial charge in [-0.15, -0.1) is 11.8 Å². The van der Waals surface area contributed by atoms with Crippen LogP contribution in [0.25, 0.3) is 0 Å². The highest BCUT2D eigenvalue weighted by Crippen LogP contribution is 2.23. The third-order valence-electron chi connectivity index (χ3n) is 3.48. The minimum atomic E-state index is -0.115. The van der Waals surface area contributed by atoms with Crippen molar-refractivity contribution in [2.75, 3.05) is 23.5 Å². The van der Waals surface area contributed by atoms with Gasteiger partial charge in [0.1, 0.15) is 5.75 Å². The molecule has 0 bridgehead atoms. The van der Waals surface area contributed by atoms with Gasteiger partial charge in [0.05, 0.1) is 7.11 Å². The minimum Gasteiger partial charge on any atom is -0.497 e. The fourth-order valence-electron chi connectivity index (χ4n) is 2.23. The van der Waals surface area contributed by atoms with Crippen LogP contribution in [0.2, 0.25) is 0 Å². The molecule has 0 saturated heterocycles. The van der Waals surface area contributed by atoms with Crippen molar-refractivity contribution < 1.29 is 14.3 Å². The zero-order valence-corrected chi connectivity index (χ0v) is 15.4. The summed E-state index contributed by atoms with van der Waals surface area (Å²) in [5, 5.41) is 5.63. The first-order chi connectivity index (χ1) is 12.0. The maximum atomic E-state index is 12.1. The zero-order valence-electron chi connectivity index (χ0n) is 14.6. The van der Waals surface area contributed by atoms with E-state index >= 15 is 0 Å². The lowest BCUT2D eigenvalue weighted by Gasteiger charge is -2.10. The van der Waals surface area contributed by atoms with Gasteiger partial charge in [0.15, 0.2) is 0 Å². The maximum Gasteiger partial charge on any atom is 0.225 e. The summed E-state index contributed by atoms with van der Waals surface area (Å²) >= 11 is 1.63. The van der Waals surface area contributed by atoms with E-state index in [1.165, 1.54) is 6.92 Å². The van der Waals surface area contributed by atoms with Crippen molar-refractivity contribution in [1.29, 1.82) is 0 Å². The van der Waals surface area contributed by atoms with E-state index in [9.17, 15) is 9.59 Å². The lowest BCUT2D eigenvalue weighted by molar-refractivity contribution is -0.116. The third-order valence-corrected chi connectivity index (χ3v) is 4.49. The van der Waals surface area contributed by atoms with Gasteiger partial charge in [-0.2, -0.15) is 0 Å². The number of ether oxygens (including phenoxy) is 1. The molecule has 0 radical (unpaired) electrons. The highest BCUT2D eigenvalue weighted by Gasteiger charge is 2.06. The molecule has 0 aromatic heterocycles. The Labute approximate surface area is 152 Å². The maximum absolute atomic E-state index is 12.1. The smallest absolute Gasteiger partial charge is 0.225 e. The van der Waals surface area contributed by atoms with Crippen LogP contribution in [0.5, 0.6) is 5.75 Å². The second-order valence-corrected chi connectivity index (χ2v) is 6.70. The Bertz CT molecular complexity index is 745. The van der Waals surface area contributed by atoms with E-state index in [-0.39, 0.29) is 11.8 Å². The monoisotopic (exact) mass is 358 g/mol. The number of nitrogens with one attached hydrogen (secondary N) is 2. The number of benzene rings is 2. The summed E-state index contributed by atoms with van der Waals surface area (Å²) in [6.07, 6.45) is 0.420. The van der Waals surface area contributed by atoms with Gasteiger partial charge in [-0.05, 0) is 55.0 Å². The van der Waals surface area contributed by atoms with Crippen LogP contribution in [-0.4, -0.2) is 24.7 Å². The second kappa shape index (κ2) is 9.13. The van der Waals surface area contributed by atoms with Crippen LogP contribution in [0.4, 0.5) is 11.4 Å². The van der Waals surface area contributed by atoms with Crippen molar-refractivity contribution in [3.63, 3.8) is 0 Å². The average Bonchev–Trinajstić information content (AvgIpc) is 2.57. The second-order valence-electron chi connectivity index (χ2n) is 5.53. The molecule has 0 aliphatic heterocycles. The number of carbonyl (C=O) groups excluding carboxylic acids is 2. The SMILES string of the molecule is COc1ccc(SCCC(=O)Nc2ccc(NC(C)=O)c(C)c2)cc1. The molecule has 0 aliphatic carbocycles. The normalized spacial score (nSPS) is 10.2. The van der Waals surface area contributed by atoms with Crippen LogP contribution in [0.1, 0.15) is 18.9 Å².